The molecule has 3 N–H and O–H groups in total. The van der Waals surface area contributed by atoms with E-state index >= 15 is 0 Å². The van der Waals surface area contributed by atoms with Crippen molar-refractivity contribution in [1.82, 2.24) is 0 Å². The lowest BCUT2D eigenvalue weighted by atomic mass is 10.0. The van der Waals surface area contributed by atoms with Crippen LogP contribution in [-0.2, 0) is 4.79 Å². The highest BCUT2D eigenvalue weighted by molar-refractivity contribution is 5.92. The van der Waals surface area contributed by atoms with Gasteiger partial charge in [-0.1, -0.05) is 13.0 Å². The Morgan fingerprint density at radius 2 is 2.11 bits per heavy atom. The minimum atomic E-state index is -0.766. The van der Waals surface area contributed by atoms with Crippen molar-refractivity contribution in [2.45, 2.75) is 26.7 Å². The summed E-state index contributed by atoms with van der Waals surface area (Å²) in [6, 6.07) is 2.47. The Kier molecular flexibility index (Phi) is 5.22. The second kappa shape index (κ2) is 6.44. The minimum absolute atomic E-state index is 0.293. The number of anilines is 1. The summed E-state index contributed by atoms with van der Waals surface area (Å²) in [7, 11) is 0. The lowest BCUT2D eigenvalue weighted by Gasteiger charge is -2.13. The smallest absolute Gasteiger partial charge is 0.227 e. The van der Waals surface area contributed by atoms with Crippen molar-refractivity contribution in [3.8, 4) is 0 Å². The highest BCUT2D eigenvalue weighted by atomic mass is 19.1. The van der Waals surface area contributed by atoms with Crippen LogP contribution in [0.4, 0.5) is 14.5 Å². The third-order valence-electron chi connectivity index (χ3n) is 2.82. The van der Waals surface area contributed by atoms with Crippen LogP contribution in [0.15, 0.2) is 12.1 Å². The summed E-state index contributed by atoms with van der Waals surface area (Å²) in [5.41, 5.74) is 5.26. The SMILES string of the molecule is Cc1ccc(F)c(NC(=O)C(C)CCCN)c1F. The van der Waals surface area contributed by atoms with E-state index in [1.54, 1.807) is 6.92 Å². The molecule has 0 bridgehead atoms. The van der Waals surface area contributed by atoms with E-state index in [4.69, 9.17) is 5.73 Å². The van der Waals surface area contributed by atoms with E-state index in [1.165, 1.54) is 13.0 Å². The number of nitrogens with one attached hydrogen (secondary N) is 1. The highest BCUT2D eigenvalue weighted by Gasteiger charge is 2.18. The number of aryl methyl sites for hydroxylation is 1. The van der Waals surface area contributed by atoms with Gasteiger partial charge in [0.05, 0.1) is 0 Å². The van der Waals surface area contributed by atoms with Crippen molar-refractivity contribution in [1.29, 1.82) is 0 Å². The molecule has 3 nitrogen and oxygen atoms in total. The Morgan fingerprint density at radius 3 is 2.72 bits per heavy atom. The van der Waals surface area contributed by atoms with E-state index in [-0.39, 0.29) is 11.6 Å². The lowest BCUT2D eigenvalue weighted by Crippen LogP contribution is -2.22. The van der Waals surface area contributed by atoms with Crippen LogP contribution in [0.2, 0.25) is 0 Å². The van der Waals surface area contributed by atoms with Gasteiger partial charge in [0.1, 0.15) is 11.5 Å². The summed E-state index contributed by atoms with van der Waals surface area (Å²) >= 11 is 0. The molecule has 0 spiro atoms. The maximum absolute atomic E-state index is 13.7. The van der Waals surface area contributed by atoms with Gasteiger partial charge in [-0.3, -0.25) is 4.79 Å². The van der Waals surface area contributed by atoms with Crippen LogP contribution >= 0.6 is 0 Å². The standard InChI is InChI=1S/C13H18F2N2O/c1-8-5-6-10(14)12(11(8)15)17-13(18)9(2)4-3-7-16/h5-6,9H,3-4,7,16H2,1-2H3,(H,17,18). The molecule has 0 aliphatic rings. The Bertz CT molecular complexity index is 435. The summed E-state index contributed by atoms with van der Waals surface area (Å²) in [6.45, 7) is 3.71. The minimum Gasteiger partial charge on any atom is -0.330 e. The summed E-state index contributed by atoms with van der Waals surface area (Å²) in [5.74, 6) is -2.22. The van der Waals surface area contributed by atoms with Crippen molar-refractivity contribution in [3.05, 3.63) is 29.3 Å². The first-order chi connectivity index (χ1) is 8.47. The zero-order chi connectivity index (χ0) is 13.7. The molecule has 100 valence electrons. The average molecular weight is 256 g/mol. The number of nitrogens with two attached hydrogens (primary N) is 1. The third kappa shape index (κ3) is 3.50. The molecule has 0 aliphatic carbocycles. The predicted molar refractivity (Wildman–Crippen MR) is 67.2 cm³/mol. The second-order valence-corrected chi connectivity index (χ2v) is 4.37. The maximum atomic E-state index is 13.7. The third-order valence-corrected chi connectivity index (χ3v) is 2.82. The van der Waals surface area contributed by atoms with E-state index in [9.17, 15) is 13.6 Å². The van der Waals surface area contributed by atoms with E-state index < -0.39 is 17.5 Å². The molecule has 0 radical (unpaired) electrons. The van der Waals surface area contributed by atoms with Gasteiger partial charge < -0.3 is 11.1 Å². The topological polar surface area (TPSA) is 55.1 Å². The van der Waals surface area contributed by atoms with Crippen LogP contribution in [0.3, 0.4) is 0 Å². The summed E-state index contributed by atoms with van der Waals surface area (Å²) in [4.78, 5) is 11.7. The van der Waals surface area contributed by atoms with Gasteiger partial charge in [0.2, 0.25) is 5.91 Å². The molecule has 0 aromatic heterocycles. The molecule has 1 aromatic rings. The summed E-state index contributed by atoms with van der Waals surface area (Å²) < 4.78 is 27.1. The molecule has 1 unspecified atom stereocenters. The molecule has 1 amide bonds. The van der Waals surface area contributed by atoms with Gasteiger partial charge in [-0.05, 0) is 37.9 Å². The molecule has 1 aromatic carbocycles. The van der Waals surface area contributed by atoms with Gasteiger partial charge in [-0.15, -0.1) is 0 Å². The van der Waals surface area contributed by atoms with Crippen LogP contribution in [0, 0.1) is 24.5 Å². The Hall–Kier alpha value is -1.49. The fourth-order valence-corrected chi connectivity index (χ4v) is 1.57. The quantitative estimate of drug-likeness (QED) is 0.850. The van der Waals surface area contributed by atoms with E-state index in [1.807, 2.05) is 0 Å². The molecule has 0 saturated heterocycles. The van der Waals surface area contributed by atoms with E-state index in [2.05, 4.69) is 5.32 Å². The number of carbonyl (C=O) groups is 1. The molecule has 1 atom stereocenters. The van der Waals surface area contributed by atoms with Crippen LogP contribution in [0.25, 0.3) is 0 Å². The summed E-state index contributed by atoms with van der Waals surface area (Å²) in [6.07, 6.45) is 1.30. The molecule has 0 saturated carbocycles. The van der Waals surface area contributed by atoms with Crippen molar-refractivity contribution in [2.24, 2.45) is 11.7 Å². The van der Waals surface area contributed by atoms with Gasteiger partial charge in [0, 0.05) is 5.92 Å². The zero-order valence-corrected chi connectivity index (χ0v) is 10.6. The largest absolute Gasteiger partial charge is 0.330 e. The second-order valence-electron chi connectivity index (χ2n) is 4.37. The number of hydrogen-bond donors (Lipinski definition) is 2. The van der Waals surface area contributed by atoms with Crippen LogP contribution in [0.5, 0.6) is 0 Å². The predicted octanol–water partition coefficient (Wildman–Crippen LogP) is 2.59. The molecule has 1 rings (SSSR count). The van der Waals surface area contributed by atoms with Gasteiger partial charge >= 0.3 is 0 Å². The Labute approximate surface area is 105 Å². The first-order valence-electron chi connectivity index (χ1n) is 5.93. The average Bonchev–Trinajstić information content (AvgIpc) is 2.36. The number of amides is 1. The molecule has 0 heterocycles. The first kappa shape index (κ1) is 14.6. The van der Waals surface area contributed by atoms with Crippen molar-refractivity contribution in [2.75, 3.05) is 11.9 Å². The van der Waals surface area contributed by atoms with Gasteiger partial charge in [0.25, 0.3) is 0 Å². The van der Waals surface area contributed by atoms with E-state index in [0.717, 1.165) is 6.07 Å². The normalized spacial score (nSPS) is 12.3. The zero-order valence-electron chi connectivity index (χ0n) is 10.6. The van der Waals surface area contributed by atoms with Crippen molar-refractivity contribution >= 4 is 11.6 Å². The fraction of sp³-hybridized carbons (Fsp3) is 0.462. The number of hydrogen-bond acceptors (Lipinski definition) is 2. The van der Waals surface area contributed by atoms with E-state index in [0.29, 0.717) is 24.9 Å². The molecular formula is C13H18F2N2O. The highest BCUT2D eigenvalue weighted by Crippen LogP contribution is 2.22. The van der Waals surface area contributed by atoms with Crippen molar-refractivity contribution < 1.29 is 13.6 Å². The monoisotopic (exact) mass is 256 g/mol. The van der Waals surface area contributed by atoms with Crippen molar-refractivity contribution in [3.63, 3.8) is 0 Å². The van der Waals surface area contributed by atoms with Gasteiger partial charge in [-0.25, -0.2) is 8.78 Å². The van der Waals surface area contributed by atoms with Gasteiger partial charge in [0.15, 0.2) is 5.82 Å². The van der Waals surface area contributed by atoms with Gasteiger partial charge in [-0.2, -0.15) is 0 Å². The van der Waals surface area contributed by atoms with Crippen LogP contribution in [-0.4, -0.2) is 12.5 Å². The number of rotatable bonds is 5. The van der Waals surface area contributed by atoms with Crippen LogP contribution in [0.1, 0.15) is 25.3 Å². The molecule has 0 aliphatic heterocycles. The molecule has 18 heavy (non-hydrogen) atoms. The molecular weight excluding hydrogens is 238 g/mol. The fourth-order valence-electron chi connectivity index (χ4n) is 1.57. The summed E-state index contributed by atoms with van der Waals surface area (Å²) in [5, 5.41) is 2.30. The molecule has 0 fully saturated rings. The Balaban J connectivity index is 2.79. The Morgan fingerprint density at radius 1 is 1.44 bits per heavy atom. The molecule has 5 heteroatoms. The number of benzene rings is 1. The first-order valence-corrected chi connectivity index (χ1v) is 5.93. The lowest BCUT2D eigenvalue weighted by molar-refractivity contribution is -0.119. The maximum Gasteiger partial charge on any atom is 0.227 e. The number of carbonyl (C=O) groups excluding carboxylic acids is 1. The number of halogens is 2. The van der Waals surface area contributed by atoms with Crippen LogP contribution < -0.4 is 11.1 Å².